The lowest BCUT2D eigenvalue weighted by Gasteiger charge is -2.28. The molecular formula is C20H25N3O3. The summed E-state index contributed by atoms with van der Waals surface area (Å²) in [5, 5.41) is 19.5. The standard InChI is InChI=1S/C20H25N3O3/c1-12-21-8-14(9-22-12)13-4-5-15-16(6-13)23(11-20(15,2)3)19-7-17(25)18(10-24)26-19/h4-6,8-9,17-19,24-25H,7,10-11H2,1-3H3/t17-,18+,19?/m0/s1. The van der Waals surface area contributed by atoms with Gasteiger partial charge in [-0.3, -0.25) is 0 Å². The number of rotatable bonds is 3. The van der Waals surface area contributed by atoms with Crippen molar-refractivity contribution in [2.45, 2.75) is 51.0 Å². The van der Waals surface area contributed by atoms with Gasteiger partial charge in [-0.15, -0.1) is 0 Å². The third kappa shape index (κ3) is 2.88. The van der Waals surface area contributed by atoms with Crippen molar-refractivity contribution in [3.05, 3.63) is 42.0 Å². The van der Waals surface area contributed by atoms with Crippen LogP contribution in [0.25, 0.3) is 11.1 Å². The summed E-state index contributed by atoms with van der Waals surface area (Å²) < 4.78 is 5.92. The number of aliphatic hydroxyl groups excluding tert-OH is 2. The molecule has 4 rings (SSSR count). The highest BCUT2D eigenvalue weighted by Gasteiger charge is 2.43. The first-order chi connectivity index (χ1) is 12.4. The predicted molar refractivity (Wildman–Crippen MR) is 98.9 cm³/mol. The molecule has 1 fully saturated rings. The maximum atomic E-state index is 10.1. The summed E-state index contributed by atoms with van der Waals surface area (Å²) in [5.41, 5.74) is 4.40. The topological polar surface area (TPSA) is 78.7 Å². The minimum absolute atomic E-state index is 0.0107. The molecule has 0 radical (unpaired) electrons. The monoisotopic (exact) mass is 355 g/mol. The fourth-order valence-electron chi connectivity index (χ4n) is 3.99. The first kappa shape index (κ1) is 17.4. The van der Waals surface area contributed by atoms with Crippen LogP contribution in [0.1, 0.15) is 31.7 Å². The van der Waals surface area contributed by atoms with Gasteiger partial charge in [0.25, 0.3) is 0 Å². The van der Waals surface area contributed by atoms with Gasteiger partial charge < -0.3 is 19.8 Å². The maximum Gasteiger partial charge on any atom is 0.133 e. The Hall–Kier alpha value is -2.02. The van der Waals surface area contributed by atoms with Gasteiger partial charge in [0.2, 0.25) is 0 Å². The van der Waals surface area contributed by atoms with E-state index in [0.717, 1.165) is 29.2 Å². The third-order valence-electron chi connectivity index (χ3n) is 5.45. The summed E-state index contributed by atoms with van der Waals surface area (Å²) in [6.07, 6.45) is 2.80. The summed E-state index contributed by atoms with van der Waals surface area (Å²) in [5.74, 6) is 0.751. The molecule has 1 aromatic carbocycles. The van der Waals surface area contributed by atoms with E-state index in [4.69, 9.17) is 4.74 Å². The molecule has 1 saturated heterocycles. The van der Waals surface area contributed by atoms with Crippen LogP contribution in [0.2, 0.25) is 0 Å². The lowest BCUT2D eigenvalue weighted by molar-refractivity contribution is -0.0223. The summed E-state index contributed by atoms with van der Waals surface area (Å²) in [6.45, 7) is 6.95. The molecule has 3 atom stereocenters. The molecule has 2 aliphatic heterocycles. The largest absolute Gasteiger partial charge is 0.394 e. The average molecular weight is 355 g/mol. The van der Waals surface area contributed by atoms with Crippen molar-refractivity contribution in [3.63, 3.8) is 0 Å². The molecule has 0 amide bonds. The van der Waals surface area contributed by atoms with E-state index in [0.29, 0.717) is 6.42 Å². The second-order valence-corrected chi connectivity index (χ2v) is 7.88. The fourth-order valence-corrected chi connectivity index (χ4v) is 3.99. The number of benzene rings is 1. The van der Waals surface area contributed by atoms with Crippen molar-refractivity contribution in [2.24, 2.45) is 0 Å². The van der Waals surface area contributed by atoms with Crippen LogP contribution >= 0.6 is 0 Å². The van der Waals surface area contributed by atoms with E-state index in [2.05, 4.69) is 46.9 Å². The molecule has 0 bridgehead atoms. The van der Waals surface area contributed by atoms with Crippen LogP contribution in [0, 0.1) is 6.92 Å². The first-order valence-electron chi connectivity index (χ1n) is 9.03. The van der Waals surface area contributed by atoms with E-state index in [1.165, 1.54) is 5.56 Å². The van der Waals surface area contributed by atoms with E-state index >= 15 is 0 Å². The highest BCUT2D eigenvalue weighted by atomic mass is 16.5. The molecule has 6 nitrogen and oxygen atoms in total. The van der Waals surface area contributed by atoms with Crippen LogP contribution in [0.5, 0.6) is 0 Å². The molecule has 2 N–H and O–H groups in total. The van der Waals surface area contributed by atoms with Crippen molar-refractivity contribution >= 4 is 5.69 Å². The Morgan fingerprint density at radius 3 is 2.62 bits per heavy atom. The Morgan fingerprint density at radius 2 is 1.96 bits per heavy atom. The molecule has 138 valence electrons. The van der Waals surface area contributed by atoms with Crippen molar-refractivity contribution in [1.29, 1.82) is 0 Å². The predicted octanol–water partition coefficient (Wildman–Crippen LogP) is 2.02. The van der Waals surface area contributed by atoms with Crippen molar-refractivity contribution in [2.75, 3.05) is 18.1 Å². The van der Waals surface area contributed by atoms with Gasteiger partial charge in [0.1, 0.15) is 18.2 Å². The molecule has 0 saturated carbocycles. The van der Waals surface area contributed by atoms with Gasteiger partial charge in [0, 0.05) is 42.0 Å². The van der Waals surface area contributed by atoms with E-state index in [-0.39, 0.29) is 18.2 Å². The molecule has 1 aromatic heterocycles. The van der Waals surface area contributed by atoms with Crippen LogP contribution in [0.4, 0.5) is 5.69 Å². The quantitative estimate of drug-likeness (QED) is 0.877. The molecule has 0 spiro atoms. The smallest absolute Gasteiger partial charge is 0.133 e. The van der Waals surface area contributed by atoms with Crippen LogP contribution < -0.4 is 4.90 Å². The summed E-state index contributed by atoms with van der Waals surface area (Å²) in [4.78, 5) is 10.8. The summed E-state index contributed by atoms with van der Waals surface area (Å²) in [7, 11) is 0. The first-order valence-corrected chi connectivity index (χ1v) is 9.03. The SMILES string of the molecule is Cc1ncc(-c2ccc3c(c2)N(C2C[C@H](O)[C@@H](CO)O2)CC3(C)C)cn1. The van der Waals surface area contributed by atoms with Crippen LogP contribution in [-0.4, -0.2) is 51.8 Å². The molecule has 0 aliphatic carbocycles. The minimum Gasteiger partial charge on any atom is -0.394 e. The van der Waals surface area contributed by atoms with E-state index in [1.54, 1.807) is 0 Å². The van der Waals surface area contributed by atoms with Crippen LogP contribution in [0.15, 0.2) is 30.6 Å². The Balaban J connectivity index is 1.71. The van der Waals surface area contributed by atoms with Crippen molar-refractivity contribution in [1.82, 2.24) is 9.97 Å². The zero-order chi connectivity index (χ0) is 18.5. The summed E-state index contributed by atoms with van der Waals surface area (Å²) >= 11 is 0. The molecule has 26 heavy (non-hydrogen) atoms. The number of aromatic nitrogens is 2. The van der Waals surface area contributed by atoms with Crippen molar-refractivity contribution < 1.29 is 14.9 Å². The number of hydrogen-bond donors (Lipinski definition) is 2. The van der Waals surface area contributed by atoms with Gasteiger partial charge in [-0.05, 0) is 24.1 Å². The molecule has 6 heteroatoms. The Morgan fingerprint density at radius 1 is 1.23 bits per heavy atom. The number of ether oxygens (including phenoxy) is 1. The average Bonchev–Trinajstić information content (AvgIpc) is 3.12. The van der Waals surface area contributed by atoms with Gasteiger partial charge in [0.05, 0.1) is 12.7 Å². The molecule has 3 heterocycles. The third-order valence-corrected chi connectivity index (χ3v) is 5.45. The van der Waals surface area contributed by atoms with Crippen molar-refractivity contribution in [3.8, 4) is 11.1 Å². The van der Waals surface area contributed by atoms with Crippen LogP contribution in [0.3, 0.4) is 0 Å². The normalized spacial score (nSPS) is 27.0. The zero-order valence-electron chi connectivity index (χ0n) is 15.4. The molecule has 2 aliphatic rings. The number of nitrogens with zero attached hydrogens (tertiary/aromatic N) is 3. The highest BCUT2D eigenvalue weighted by molar-refractivity contribution is 5.73. The number of aryl methyl sites for hydroxylation is 1. The maximum absolute atomic E-state index is 10.1. The molecular weight excluding hydrogens is 330 g/mol. The van der Waals surface area contributed by atoms with Gasteiger partial charge in [-0.25, -0.2) is 9.97 Å². The van der Waals surface area contributed by atoms with Gasteiger partial charge >= 0.3 is 0 Å². The van der Waals surface area contributed by atoms with E-state index < -0.39 is 12.2 Å². The van der Waals surface area contributed by atoms with Gasteiger partial charge in [0.15, 0.2) is 0 Å². The van der Waals surface area contributed by atoms with Gasteiger partial charge in [-0.1, -0.05) is 26.0 Å². The molecule has 2 aromatic rings. The Bertz CT molecular complexity index is 806. The lowest BCUT2D eigenvalue weighted by atomic mass is 9.86. The second-order valence-electron chi connectivity index (χ2n) is 7.88. The summed E-state index contributed by atoms with van der Waals surface area (Å²) in [6, 6.07) is 6.43. The highest BCUT2D eigenvalue weighted by Crippen LogP contribution is 2.45. The minimum atomic E-state index is -0.633. The van der Waals surface area contributed by atoms with Gasteiger partial charge in [-0.2, -0.15) is 0 Å². The van der Waals surface area contributed by atoms with Crippen LogP contribution in [-0.2, 0) is 10.2 Å². The Kier molecular flexibility index (Phi) is 4.22. The number of hydrogen-bond acceptors (Lipinski definition) is 6. The number of fused-ring (bicyclic) bond motifs is 1. The number of anilines is 1. The lowest BCUT2D eigenvalue weighted by Crippen LogP contribution is -2.37. The van der Waals surface area contributed by atoms with E-state index in [9.17, 15) is 10.2 Å². The molecule has 1 unspecified atom stereocenters. The number of aliphatic hydroxyl groups is 2. The zero-order valence-corrected chi connectivity index (χ0v) is 15.4. The fraction of sp³-hybridized carbons (Fsp3) is 0.500. The Labute approximate surface area is 153 Å². The van der Waals surface area contributed by atoms with E-state index in [1.807, 2.05) is 19.3 Å². The second kappa shape index (κ2) is 6.30.